The van der Waals surface area contributed by atoms with Crippen LogP contribution in [-0.2, 0) is 4.79 Å². The topological polar surface area (TPSA) is 17.1 Å². The summed E-state index contributed by atoms with van der Waals surface area (Å²) < 4.78 is 0.529. The molecule has 0 bridgehead atoms. The van der Waals surface area contributed by atoms with Crippen LogP contribution in [-0.4, -0.2) is 21.9 Å². The van der Waals surface area contributed by atoms with E-state index in [1.807, 2.05) is 23.5 Å². The molecular formula is C12H20OS2. The minimum absolute atomic E-state index is 0.0343. The van der Waals surface area contributed by atoms with Crippen molar-refractivity contribution in [3.8, 4) is 0 Å². The minimum Gasteiger partial charge on any atom is -0.299 e. The van der Waals surface area contributed by atoms with Gasteiger partial charge in [-0.25, -0.2) is 0 Å². The Kier molecular flexibility index (Phi) is 3.71. The highest BCUT2D eigenvalue weighted by Gasteiger charge is 2.45. The highest BCUT2D eigenvalue weighted by molar-refractivity contribution is 8.17. The predicted octanol–water partition coefficient (Wildman–Crippen LogP) is 3.58. The molecule has 1 aliphatic heterocycles. The Morgan fingerprint density at radius 1 is 1.27 bits per heavy atom. The molecule has 0 spiro atoms. The van der Waals surface area contributed by atoms with Crippen LogP contribution in [0.5, 0.6) is 0 Å². The molecule has 1 saturated carbocycles. The lowest BCUT2D eigenvalue weighted by atomic mass is 9.71. The monoisotopic (exact) mass is 244 g/mol. The molecule has 0 amide bonds. The van der Waals surface area contributed by atoms with E-state index in [0.29, 0.717) is 16.3 Å². The van der Waals surface area contributed by atoms with Crippen molar-refractivity contribution in [1.29, 1.82) is 0 Å². The van der Waals surface area contributed by atoms with Gasteiger partial charge in [0.2, 0.25) is 0 Å². The average molecular weight is 244 g/mol. The van der Waals surface area contributed by atoms with Gasteiger partial charge >= 0.3 is 0 Å². The fourth-order valence-corrected chi connectivity index (χ4v) is 6.08. The van der Waals surface area contributed by atoms with Crippen LogP contribution in [0.3, 0.4) is 0 Å². The molecule has 0 unspecified atom stereocenters. The lowest BCUT2D eigenvalue weighted by Gasteiger charge is -2.42. The molecule has 0 aromatic carbocycles. The Morgan fingerprint density at radius 3 is 2.60 bits per heavy atom. The predicted molar refractivity (Wildman–Crippen MR) is 69.5 cm³/mol. The summed E-state index contributed by atoms with van der Waals surface area (Å²) in [5, 5.41) is 0. The summed E-state index contributed by atoms with van der Waals surface area (Å²) in [5.41, 5.74) is -0.0343. The van der Waals surface area contributed by atoms with Crippen LogP contribution in [0.25, 0.3) is 0 Å². The van der Waals surface area contributed by atoms with E-state index >= 15 is 0 Å². The molecule has 2 rings (SSSR count). The summed E-state index contributed by atoms with van der Waals surface area (Å²) in [4.78, 5) is 12.3. The van der Waals surface area contributed by atoms with E-state index in [4.69, 9.17) is 0 Å². The van der Waals surface area contributed by atoms with Crippen LogP contribution in [0.2, 0.25) is 0 Å². The zero-order valence-electron chi connectivity index (χ0n) is 9.62. The first kappa shape index (κ1) is 11.8. The molecule has 3 heteroatoms. The fraction of sp³-hybridized carbons (Fsp3) is 0.917. The molecule has 0 aromatic heterocycles. The summed E-state index contributed by atoms with van der Waals surface area (Å²) >= 11 is 4.03. The molecule has 2 fully saturated rings. The van der Waals surface area contributed by atoms with Gasteiger partial charge in [-0.1, -0.05) is 20.3 Å². The molecule has 1 heterocycles. The Balaban J connectivity index is 2.12. The number of thioether (sulfide) groups is 2. The van der Waals surface area contributed by atoms with Gasteiger partial charge in [-0.15, -0.1) is 23.5 Å². The van der Waals surface area contributed by atoms with E-state index in [1.54, 1.807) is 0 Å². The zero-order chi connectivity index (χ0) is 10.9. The Hall–Kier alpha value is 0.370. The highest BCUT2D eigenvalue weighted by atomic mass is 32.2. The van der Waals surface area contributed by atoms with Crippen LogP contribution in [0.1, 0.15) is 39.5 Å². The summed E-state index contributed by atoms with van der Waals surface area (Å²) in [7, 11) is 0. The van der Waals surface area contributed by atoms with Crippen LogP contribution >= 0.6 is 23.5 Å². The van der Waals surface area contributed by atoms with Gasteiger partial charge in [0.1, 0.15) is 5.78 Å². The Morgan fingerprint density at radius 2 is 1.93 bits per heavy atom. The molecule has 1 aliphatic carbocycles. The quantitative estimate of drug-likeness (QED) is 0.702. The number of hydrogen-bond donors (Lipinski definition) is 0. The summed E-state index contributed by atoms with van der Waals surface area (Å²) in [6.45, 7) is 4.32. The third-order valence-corrected chi connectivity index (χ3v) is 7.20. The van der Waals surface area contributed by atoms with Gasteiger partial charge in [0.15, 0.2) is 0 Å². The second kappa shape index (κ2) is 4.70. The normalized spacial score (nSPS) is 39.3. The van der Waals surface area contributed by atoms with Crippen molar-refractivity contribution in [3.63, 3.8) is 0 Å². The molecule has 2 atom stereocenters. The van der Waals surface area contributed by atoms with Crippen molar-refractivity contribution >= 4 is 29.3 Å². The van der Waals surface area contributed by atoms with E-state index < -0.39 is 0 Å². The number of hydrogen-bond acceptors (Lipinski definition) is 3. The number of ketones is 1. The van der Waals surface area contributed by atoms with Crippen molar-refractivity contribution in [1.82, 2.24) is 0 Å². The molecule has 0 radical (unpaired) electrons. The minimum atomic E-state index is -0.0343. The van der Waals surface area contributed by atoms with Gasteiger partial charge in [-0.2, -0.15) is 0 Å². The van der Waals surface area contributed by atoms with Crippen molar-refractivity contribution in [2.24, 2.45) is 11.3 Å². The first-order chi connectivity index (χ1) is 7.14. The number of carbonyl (C=O) groups excluding carboxylic acids is 1. The van der Waals surface area contributed by atoms with E-state index in [-0.39, 0.29) is 5.41 Å². The lowest BCUT2D eigenvalue weighted by Crippen LogP contribution is -2.43. The standard InChI is InChI=1S/C12H20OS2/c1-9-5-3-6-12(2,10(9)13)11-14-7-4-8-15-11/h9,11H,3-8H2,1-2H3/t9-,12+/m0/s1. The van der Waals surface area contributed by atoms with Crippen molar-refractivity contribution in [2.45, 2.75) is 44.1 Å². The second-order valence-electron chi connectivity index (χ2n) is 5.00. The summed E-state index contributed by atoms with van der Waals surface area (Å²) in [6, 6.07) is 0. The SMILES string of the molecule is C[C@H]1CCC[C@@](C)(C2SCCCS2)C1=O. The van der Waals surface area contributed by atoms with E-state index in [0.717, 1.165) is 12.8 Å². The lowest BCUT2D eigenvalue weighted by molar-refractivity contribution is -0.133. The number of carbonyl (C=O) groups is 1. The molecule has 0 N–H and O–H groups in total. The van der Waals surface area contributed by atoms with Gasteiger partial charge in [0.05, 0.1) is 4.58 Å². The maximum Gasteiger partial charge on any atom is 0.143 e. The van der Waals surface area contributed by atoms with Gasteiger partial charge < -0.3 is 0 Å². The molecule has 15 heavy (non-hydrogen) atoms. The number of rotatable bonds is 1. The first-order valence-electron chi connectivity index (χ1n) is 5.92. The van der Waals surface area contributed by atoms with E-state index in [9.17, 15) is 4.79 Å². The Labute approximate surface area is 101 Å². The van der Waals surface area contributed by atoms with E-state index in [2.05, 4.69) is 13.8 Å². The maximum absolute atomic E-state index is 12.3. The van der Waals surface area contributed by atoms with Crippen LogP contribution in [0, 0.1) is 11.3 Å². The molecular weight excluding hydrogens is 224 g/mol. The molecule has 1 nitrogen and oxygen atoms in total. The van der Waals surface area contributed by atoms with Crippen LogP contribution < -0.4 is 0 Å². The van der Waals surface area contributed by atoms with Gasteiger partial charge in [-0.05, 0) is 30.8 Å². The molecule has 86 valence electrons. The van der Waals surface area contributed by atoms with Crippen molar-refractivity contribution < 1.29 is 4.79 Å². The summed E-state index contributed by atoms with van der Waals surface area (Å²) in [5.74, 6) is 3.32. The fourth-order valence-electron chi connectivity index (χ4n) is 2.68. The molecule has 0 aromatic rings. The van der Waals surface area contributed by atoms with Crippen LogP contribution in [0.4, 0.5) is 0 Å². The maximum atomic E-state index is 12.3. The number of Topliss-reactive ketones (excluding diaryl/α,β-unsaturated/α-hetero) is 1. The van der Waals surface area contributed by atoms with Crippen molar-refractivity contribution in [3.05, 3.63) is 0 Å². The Bertz CT molecular complexity index is 248. The largest absolute Gasteiger partial charge is 0.299 e. The molecule has 2 aliphatic rings. The summed E-state index contributed by atoms with van der Waals surface area (Å²) in [6.07, 6.45) is 4.77. The third-order valence-electron chi connectivity index (χ3n) is 3.69. The first-order valence-corrected chi connectivity index (χ1v) is 8.02. The van der Waals surface area contributed by atoms with Crippen LogP contribution in [0.15, 0.2) is 0 Å². The highest BCUT2D eigenvalue weighted by Crippen LogP contribution is 2.49. The van der Waals surface area contributed by atoms with Gasteiger partial charge in [0.25, 0.3) is 0 Å². The smallest absolute Gasteiger partial charge is 0.143 e. The average Bonchev–Trinajstić information content (AvgIpc) is 2.27. The van der Waals surface area contributed by atoms with E-state index in [1.165, 1.54) is 24.3 Å². The third kappa shape index (κ3) is 2.23. The van der Waals surface area contributed by atoms with Gasteiger partial charge in [0, 0.05) is 11.3 Å². The zero-order valence-corrected chi connectivity index (χ0v) is 11.3. The second-order valence-corrected chi connectivity index (χ2v) is 7.73. The van der Waals surface area contributed by atoms with Gasteiger partial charge in [-0.3, -0.25) is 4.79 Å². The molecule has 1 saturated heterocycles. The van der Waals surface area contributed by atoms with Crippen molar-refractivity contribution in [2.75, 3.05) is 11.5 Å².